The summed E-state index contributed by atoms with van der Waals surface area (Å²) in [5, 5.41) is 2.54. The van der Waals surface area contributed by atoms with Crippen molar-refractivity contribution in [2.45, 2.75) is 13.0 Å². The summed E-state index contributed by atoms with van der Waals surface area (Å²) in [6.45, 7) is 2.42. The lowest BCUT2D eigenvalue weighted by Crippen LogP contribution is -2.40. The molecule has 1 N–H and O–H groups in total. The van der Waals surface area contributed by atoms with Crippen LogP contribution in [0.25, 0.3) is 0 Å². The highest BCUT2D eigenvalue weighted by Crippen LogP contribution is 2.26. The van der Waals surface area contributed by atoms with E-state index in [0.29, 0.717) is 24.7 Å². The number of ether oxygens (including phenoxy) is 1. The zero-order valence-electron chi connectivity index (χ0n) is 10.9. The standard InChI is InChI=1S/C13H16FN3O2/c1-3-19-13(18)16-12-15-8-11(17(12)2)9-6-4-5-7-10(9)14/h4-7,11H,3,8H2,1-2H3,(H,15,16,18). The predicted octanol–water partition coefficient (Wildman–Crippen LogP) is 1.91. The SMILES string of the molecule is CCOC(=O)NC1=NCC(c2ccccc2F)N1C. The molecule has 0 saturated heterocycles. The average molecular weight is 265 g/mol. The zero-order valence-corrected chi connectivity index (χ0v) is 10.9. The summed E-state index contributed by atoms with van der Waals surface area (Å²) >= 11 is 0. The van der Waals surface area contributed by atoms with Crippen molar-refractivity contribution in [3.63, 3.8) is 0 Å². The van der Waals surface area contributed by atoms with Crippen LogP contribution in [0.2, 0.25) is 0 Å². The molecule has 5 nitrogen and oxygen atoms in total. The predicted molar refractivity (Wildman–Crippen MR) is 69.4 cm³/mol. The Bertz CT molecular complexity index is 504. The van der Waals surface area contributed by atoms with Crippen LogP contribution in [0.1, 0.15) is 18.5 Å². The van der Waals surface area contributed by atoms with Crippen LogP contribution in [0.15, 0.2) is 29.3 Å². The van der Waals surface area contributed by atoms with E-state index in [1.165, 1.54) is 6.07 Å². The first kappa shape index (κ1) is 13.3. The molecule has 1 unspecified atom stereocenters. The maximum Gasteiger partial charge on any atom is 0.413 e. The Kier molecular flexibility index (Phi) is 3.99. The number of carbonyl (C=O) groups excluding carboxylic acids is 1. The van der Waals surface area contributed by atoms with Gasteiger partial charge in [-0.05, 0) is 13.0 Å². The number of aliphatic imine (C=N–C) groups is 1. The number of nitrogens with zero attached hydrogens (tertiary/aromatic N) is 2. The lowest BCUT2D eigenvalue weighted by Gasteiger charge is -2.23. The maximum absolute atomic E-state index is 13.7. The molecule has 1 aliphatic heterocycles. The van der Waals surface area contributed by atoms with Gasteiger partial charge in [0.2, 0.25) is 5.96 Å². The van der Waals surface area contributed by atoms with Gasteiger partial charge < -0.3 is 9.64 Å². The minimum atomic E-state index is -0.553. The fourth-order valence-electron chi connectivity index (χ4n) is 1.99. The van der Waals surface area contributed by atoms with Crippen LogP contribution in [0.5, 0.6) is 0 Å². The quantitative estimate of drug-likeness (QED) is 0.888. The number of halogens is 1. The van der Waals surface area contributed by atoms with E-state index in [-0.39, 0.29) is 11.9 Å². The molecule has 2 rings (SSSR count). The molecule has 0 radical (unpaired) electrons. The van der Waals surface area contributed by atoms with Crippen LogP contribution in [0, 0.1) is 5.82 Å². The number of amides is 1. The maximum atomic E-state index is 13.7. The molecule has 6 heteroatoms. The molecule has 102 valence electrons. The van der Waals surface area contributed by atoms with E-state index in [2.05, 4.69) is 10.3 Å². The van der Waals surface area contributed by atoms with Gasteiger partial charge in [-0.3, -0.25) is 10.3 Å². The summed E-state index contributed by atoms with van der Waals surface area (Å²) < 4.78 is 18.5. The number of benzene rings is 1. The van der Waals surface area contributed by atoms with Crippen LogP contribution in [0.3, 0.4) is 0 Å². The van der Waals surface area contributed by atoms with Gasteiger partial charge in [0.1, 0.15) is 5.82 Å². The first-order chi connectivity index (χ1) is 9.13. The van der Waals surface area contributed by atoms with E-state index in [0.717, 1.165) is 0 Å². The second kappa shape index (κ2) is 5.69. The fourth-order valence-corrected chi connectivity index (χ4v) is 1.99. The van der Waals surface area contributed by atoms with E-state index in [9.17, 15) is 9.18 Å². The van der Waals surface area contributed by atoms with Gasteiger partial charge in [0.15, 0.2) is 0 Å². The first-order valence-electron chi connectivity index (χ1n) is 6.09. The molecule has 0 fully saturated rings. The van der Waals surface area contributed by atoms with Crippen molar-refractivity contribution in [1.82, 2.24) is 10.2 Å². The molecule has 0 spiro atoms. The Labute approximate surface area is 111 Å². The summed E-state index contributed by atoms with van der Waals surface area (Å²) in [4.78, 5) is 17.3. The molecule has 1 aromatic rings. The Balaban J connectivity index is 2.06. The van der Waals surface area contributed by atoms with Gasteiger partial charge in [-0.2, -0.15) is 0 Å². The molecule has 0 aromatic heterocycles. The normalized spacial score (nSPS) is 18.2. The third kappa shape index (κ3) is 2.83. The van der Waals surface area contributed by atoms with Gasteiger partial charge in [0.05, 0.1) is 19.2 Å². The van der Waals surface area contributed by atoms with Crippen molar-refractivity contribution in [3.8, 4) is 0 Å². The van der Waals surface area contributed by atoms with Crippen molar-refractivity contribution in [2.75, 3.05) is 20.2 Å². The van der Waals surface area contributed by atoms with Crippen molar-refractivity contribution < 1.29 is 13.9 Å². The third-order valence-electron chi connectivity index (χ3n) is 2.97. The van der Waals surface area contributed by atoms with Gasteiger partial charge in [0.25, 0.3) is 0 Å². The second-order valence-electron chi connectivity index (χ2n) is 4.16. The smallest absolute Gasteiger partial charge is 0.413 e. The van der Waals surface area contributed by atoms with Crippen LogP contribution in [-0.4, -0.2) is 37.2 Å². The number of alkyl carbamates (subject to hydrolysis) is 1. The number of rotatable bonds is 2. The molecule has 1 heterocycles. The van der Waals surface area contributed by atoms with E-state index in [1.807, 2.05) is 0 Å². The van der Waals surface area contributed by atoms with E-state index < -0.39 is 6.09 Å². The number of carbonyl (C=O) groups is 1. The topological polar surface area (TPSA) is 53.9 Å². The summed E-state index contributed by atoms with van der Waals surface area (Å²) in [5.41, 5.74) is 0.564. The lowest BCUT2D eigenvalue weighted by atomic mass is 10.1. The molecular weight excluding hydrogens is 249 g/mol. The number of hydrogen-bond acceptors (Lipinski definition) is 4. The number of likely N-dealkylation sites (N-methyl/N-ethyl adjacent to an activating group) is 1. The van der Waals surface area contributed by atoms with Gasteiger partial charge >= 0.3 is 6.09 Å². The molecule has 0 aliphatic carbocycles. The molecule has 1 amide bonds. The zero-order chi connectivity index (χ0) is 13.8. The molecule has 19 heavy (non-hydrogen) atoms. The number of guanidine groups is 1. The van der Waals surface area contributed by atoms with Gasteiger partial charge in [0, 0.05) is 12.6 Å². The summed E-state index contributed by atoms with van der Waals surface area (Å²) in [6, 6.07) is 6.35. The highest BCUT2D eigenvalue weighted by atomic mass is 19.1. The van der Waals surface area contributed by atoms with Gasteiger partial charge in [-0.25, -0.2) is 9.18 Å². The lowest BCUT2D eigenvalue weighted by molar-refractivity contribution is 0.156. The monoisotopic (exact) mass is 265 g/mol. The van der Waals surface area contributed by atoms with Crippen LogP contribution >= 0.6 is 0 Å². The fraction of sp³-hybridized carbons (Fsp3) is 0.385. The van der Waals surface area contributed by atoms with Crippen LogP contribution in [0.4, 0.5) is 9.18 Å². The van der Waals surface area contributed by atoms with Crippen molar-refractivity contribution in [2.24, 2.45) is 4.99 Å². The largest absolute Gasteiger partial charge is 0.450 e. The molecule has 1 atom stereocenters. The molecular formula is C13H16FN3O2. The van der Waals surface area contributed by atoms with Crippen molar-refractivity contribution in [1.29, 1.82) is 0 Å². The average Bonchev–Trinajstić information content (AvgIpc) is 2.72. The summed E-state index contributed by atoms with van der Waals surface area (Å²) in [6.07, 6.45) is -0.553. The van der Waals surface area contributed by atoms with Crippen LogP contribution < -0.4 is 5.32 Å². The molecule has 0 bridgehead atoms. The highest BCUT2D eigenvalue weighted by Gasteiger charge is 2.28. The Morgan fingerprint density at radius 3 is 3.00 bits per heavy atom. The first-order valence-corrected chi connectivity index (χ1v) is 6.09. The Hall–Kier alpha value is -2.11. The number of nitrogens with one attached hydrogen (secondary N) is 1. The van der Waals surface area contributed by atoms with Crippen molar-refractivity contribution in [3.05, 3.63) is 35.6 Å². The number of hydrogen-bond donors (Lipinski definition) is 1. The second-order valence-corrected chi connectivity index (χ2v) is 4.16. The molecule has 0 saturated carbocycles. The minimum Gasteiger partial charge on any atom is -0.450 e. The van der Waals surface area contributed by atoms with E-state index in [1.54, 1.807) is 37.1 Å². The summed E-state index contributed by atoms with van der Waals surface area (Å²) in [5.74, 6) is 0.124. The van der Waals surface area contributed by atoms with E-state index in [4.69, 9.17) is 4.74 Å². The van der Waals surface area contributed by atoms with Gasteiger partial charge in [-0.1, -0.05) is 18.2 Å². The van der Waals surface area contributed by atoms with Crippen LogP contribution in [-0.2, 0) is 4.74 Å². The molecule has 1 aromatic carbocycles. The Morgan fingerprint density at radius 2 is 2.32 bits per heavy atom. The Morgan fingerprint density at radius 1 is 1.58 bits per heavy atom. The molecule has 1 aliphatic rings. The van der Waals surface area contributed by atoms with Crippen molar-refractivity contribution >= 4 is 12.1 Å². The van der Waals surface area contributed by atoms with E-state index >= 15 is 0 Å². The highest BCUT2D eigenvalue weighted by molar-refractivity contribution is 5.94. The third-order valence-corrected chi connectivity index (χ3v) is 2.97. The van der Waals surface area contributed by atoms with Gasteiger partial charge in [-0.15, -0.1) is 0 Å². The minimum absolute atomic E-state index is 0.210. The summed E-state index contributed by atoms with van der Waals surface area (Å²) in [7, 11) is 1.76.